The van der Waals surface area contributed by atoms with E-state index >= 15 is 0 Å². The Hall–Kier alpha value is -3.22. The van der Waals surface area contributed by atoms with Crippen molar-refractivity contribution in [1.82, 2.24) is 15.2 Å². The first kappa shape index (κ1) is 12.8. The second kappa shape index (κ2) is 5.04. The van der Waals surface area contributed by atoms with Crippen molar-refractivity contribution in [2.75, 3.05) is 5.32 Å². The third-order valence-electron chi connectivity index (χ3n) is 2.92. The lowest BCUT2D eigenvalue weighted by Gasteiger charge is -2.03. The summed E-state index contributed by atoms with van der Waals surface area (Å²) in [5.74, 6) is -1.35. The number of carbonyl (C=O) groups is 2. The van der Waals surface area contributed by atoms with E-state index in [1.165, 1.54) is 6.07 Å². The molecule has 0 bridgehead atoms. The Labute approximate surface area is 118 Å². The Bertz CT molecular complexity index is 841. The number of aromatic nitrogens is 3. The molecule has 104 valence electrons. The summed E-state index contributed by atoms with van der Waals surface area (Å²) in [6.07, 6.45) is 1.68. The van der Waals surface area contributed by atoms with Crippen molar-refractivity contribution in [3.05, 3.63) is 53.9 Å². The van der Waals surface area contributed by atoms with Crippen molar-refractivity contribution < 1.29 is 14.7 Å². The molecule has 7 heteroatoms. The van der Waals surface area contributed by atoms with Crippen LogP contribution in [0.5, 0.6) is 0 Å². The Morgan fingerprint density at radius 1 is 1.19 bits per heavy atom. The molecule has 2 heterocycles. The molecule has 0 spiro atoms. The number of carbonyl (C=O) groups excluding carboxylic acids is 1. The minimum absolute atomic E-state index is 0.0898. The van der Waals surface area contributed by atoms with E-state index in [4.69, 9.17) is 5.11 Å². The van der Waals surface area contributed by atoms with Crippen LogP contribution in [0.4, 0.5) is 5.82 Å². The first-order chi connectivity index (χ1) is 10.1. The molecule has 1 aromatic carbocycles. The fraction of sp³-hybridized carbons (Fsp3) is 0. The van der Waals surface area contributed by atoms with Gasteiger partial charge in [-0.3, -0.25) is 14.9 Å². The summed E-state index contributed by atoms with van der Waals surface area (Å²) in [6.45, 7) is 0. The Kier molecular flexibility index (Phi) is 3.07. The molecule has 3 rings (SSSR count). The monoisotopic (exact) mass is 282 g/mol. The summed E-state index contributed by atoms with van der Waals surface area (Å²) in [5, 5.41) is 18.2. The summed E-state index contributed by atoms with van der Waals surface area (Å²) in [6, 6.07) is 10.0. The van der Waals surface area contributed by atoms with Gasteiger partial charge in [-0.2, -0.15) is 5.10 Å². The van der Waals surface area contributed by atoms with Gasteiger partial charge >= 0.3 is 5.97 Å². The second-order valence-electron chi connectivity index (χ2n) is 4.34. The van der Waals surface area contributed by atoms with E-state index in [1.807, 2.05) is 6.07 Å². The summed E-state index contributed by atoms with van der Waals surface area (Å²) < 4.78 is 0. The van der Waals surface area contributed by atoms with Gasteiger partial charge in [0.15, 0.2) is 5.82 Å². The van der Waals surface area contributed by atoms with Crippen molar-refractivity contribution >= 4 is 28.6 Å². The van der Waals surface area contributed by atoms with Gasteiger partial charge in [0.25, 0.3) is 5.91 Å². The van der Waals surface area contributed by atoms with Crippen LogP contribution in [0.15, 0.2) is 42.6 Å². The number of benzene rings is 1. The highest BCUT2D eigenvalue weighted by Gasteiger charge is 2.12. The molecule has 0 fully saturated rings. The smallest absolute Gasteiger partial charge is 0.353 e. The van der Waals surface area contributed by atoms with Gasteiger partial charge < -0.3 is 10.4 Å². The zero-order chi connectivity index (χ0) is 14.8. The van der Waals surface area contributed by atoms with Crippen LogP contribution in [0.3, 0.4) is 0 Å². The van der Waals surface area contributed by atoms with Crippen LogP contribution in [0, 0.1) is 0 Å². The zero-order valence-corrected chi connectivity index (χ0v) is 10.7. The minimum Gasteiger partial charge on any atom is -0.477 e. The number of amides is 1. The number of carboxylic acid groups (broad SMARTS) is 1. The van der Waals surface area contributed by atoms with Crippen LogP contribution in [0.25, 0.3) is 10.9 Å². The third kappa shape index (κ3) is 2.57. The molecule has 7 nitrogen and oxygen atoms in total. The highest BCUT2D eigenvalue weighted by molar-refractivity contribution is 6.06. The maximum Gasteiger partial charge on any atom is 0.353 e. The van der Waals surface area contributed by atoms with E-state index in [1.54, 1.807) is 30.5 Å². The van der Waals surface area contributed by atoms with Gasteiger partial charge in [-0.25, -0.2) is 4.79 Å². The van der Waals surface area contributed by atoms with E-state index in [-0.39, 0.29) is 17.4 Å². The van der Waals surface area contributed by atoms with E-state index in [0.29, 0.717) is 5.56 Å². The van der Waals surface area contributed by atoms with Gasteiger partial charge in [-0.1, -0.05) is 6.07 Å². The Morgan fingerprint density at radius 2 is 2.05 bits per heavy atom. The number of hydrogen-bond donors (Lipinski definition) is 3. The number of aromatic amines is 1. The number of carboxylic acids is 1. The lowest BCUT2D eigenvalue weighted by Crippen LogP contribution is -2.12. The number of aromatic carboxylic acids is 1. The summed E-state index contributed by atoms with van der Waals surface area (Å²) in [5.41, 5.74) is 1.14. The maximum atomic E-state index is 12.1. The fourth-order valence-corrected chi connectivity index (χ4v) is 1.90. The van der Waals surface area contributed by atoms with Crippen LogP contribution in [-0.4, -0.2) is 32.2 Å². The van der Waals surface area contributed by atoms with Gasteiger partial charge in [-0.05, 0) is 24.3 Å². The molecule has 0 atom stereocenters. The highest BCUT2D eigenvalue weighted by Crippen LogP contribution is 2.15. The second-order valence-corrected chi connectivity index (χ2v) is 4.34. The van der Waals surface area contributed by atoms with Gasteiger partial charge in [0.05, 0.1) is 5.52 Å². The van der Waals surface area contributed by atoms with Crippen molar-refractivity contribution in [2.24, 2.45) is 0 Å². The number of H-pyrrole nitrogens is 1. The predicted octanol–water partition coefficient (Wildman–Crippen LogP) is 1.91. The van der Waals surface area contributed by atoms with Crippen LogP contribution < -0.4 is 5.32 Å². The first-order valence-electron chi connectivity index (χ1n) is 6.08. The number of hydrogen-bond acceptors (Lipinski definition) is 4. The van der Waals surface area contributed by atoms with Crippen molar-refractivity contribution in [3.63, 3.8) is 0 Å². The summed E-state index contributed by atoms with van der Waals surface area (Å²) >= 11 is 0. The Morgan fingerprint density at radius 3 is 2.81 bits per heavy atom. The number of fused-ring (bicyclic) bond motifs is 1. The highest BCUT2D eigenvalue weighted by atomic mass is 16.4. The lowest BCUT2D eigenvalue weighted by molar-refractivity contribution is 0.0690. The summed E-state index contributed by atoms with van der Waals surface area (Å²) in [4.78, 5) is 27.0. The van der Waals surface area contributed by atoms with Crippen molar-refractivity contribution in [3.8, 4) is 0 Å². The number of nitrogens with one attached hydrogen (secondary N) is 2. The van der Waals surface area contributed by atoms with E-state index < -0.39 is 5.97 Å². The molecule has 3 N–H and O–H groups in total. The Balaban J connectivity index is 1.84. The topological polar surface area (TPSA) is 108 Å². The van der Waals surface area contributed by atoms with Crippen LogP contribution >= 0.6 is 0 Å². The lowest BCUT2D eigenvalue weighted by atomic mass is 10.1. The predicted molar refractivity (Wildman–Crippen MR) is 75.2 cm³/mol. The van der Waals surface area contributed by atoms with E-state index in [2.05, 4.69) is 20.5 Å². The molecule has 0 unspecified atom stereocenters. The van der Waals surface area contributed by atoms with Crippen molar-refractivity contribution in [2.45, 2.75) is 0 Å². The van der Waals surface area contributed by atoms with Gasteiger partial charge in [0, 0.05) is 23.2 Å². The molecular formula is C14H10N4O3. The minimum atomic E-state index is -1.14. The van der Waals surface area contributed by atoms with E-state index in [0.717, 1.165) is 10.9 Å². The molecule has 1 amide bonds. The molecule has 21 heavy (non-hydrogen) atoms. The number of pyridine rings is 1. The zero-order valence-electron chi connectivity index (χ0n) is 10.7. The van der Waals surface area contributed by atoms with Crippen LogP contribution in [-0.2, 0) is 0 Å². The number of nitrogens with zero attached hydrogens (tertiary/aromatic N) is 2. The van der Waals surface area contributed by atoms with Crippen LogP contribution in [0.2, 0.25) is 0 Å². The molecule has 0 aliphatic heterocycles. The maximum absolute atomic E-state index is 12.1. The molecule has 0 aliphatic carbocycles. The first-order valence-corrected chi connectivity index (χ1v) is 6.08. The van der Waals surface area contributed by atoms with Crippen molar-refractivity contribution in [1.29, 1.82) is 0 Å². The van der Waals surface area contributed by atoms with Gasteiger partial charge in [-0.15, -0.1) is 0 Å². The fourth-order valence-electron chi connectivity index (χ4n) is 1.90. The standard InChI is InChI=1S/C14H10N4O3/c19-13(16-12-7-11(14(20)21)17-18-12)9-3-4-10-8(6-9)2-1-5-15-10/h1-7H,(H,20,21)(H2,16,17,18,19). The molecule has 2 aromatic heterocycles. The molecule has 0 saturated heterocycles. The largest absolute Gasteiger partial charge is 0.477 e. The van der Waals surface area contributed by atoms with Gasteiger partial charge in [0.2, 0.25) is 0 Å². The normalized spacial score (nSPS) is 10.5. The molecule has 0 radical (unpaired) electrons. The molecule has 0 saturated carbocycles. The van der Waals surface area contributed by atoms with Gasteiger partial charge in [0.1, 0.15) is 5.69 Å². The molecular weight excluding hydrogens is 272 g/mol. The average molecular weight is 282 g/mol. The molecule has 0 aliphatic rings. The van der Waals surface area contributed by atoms with E-state index in [9.17, 15) is 9.59 Å². The number of rotatable bonds is 3. The van der Waals surface area contributed by atoms with Crippen LogP contribution in [0.1, 0.15) is 20.8 Å². The quantitative estimate of drug-likeness (QED) is 0.680. The average Bonchev–Trinajstić information content (AvgIpc) is 2.95. The number of anilines is 1. The third-order valence-corrected chi connectivity index (χ3v) is 2.92. The molecule has 3 aromatic rings. The summed E-state index contributed by atoms with van der Waals surface area (Å²) in [7, 11) is 0. The SMILES string of the molecule is O=C(Nc1cc(C(=O)O)[nH]n1)c1ccc2ncccc2c1.